The Hall–Kier alpha value is -2.80. The van der Waals surface area contributed by atoms with Gasteiger partial charge in [-0.3, -0.25) is 4.79 Å². The lowest BCUT2D eigenvalue weighted by Gasteiger charge is -2.16. The summed E-state index contributed by atoms with van der Waals surface area (Å²) in [5.74, 6) is 1.87. The first-order valence-corrected chi connectivity index (χ1v) is 11.7. The van der Waals surface area contributed by atoms with Crippen molar-refractivity contribution in [1.29, 1.82) is 0 Å². The zero-order valence-electron chi connectivity index (χ0n) is 18.4. The number of amides is 1. The number of benzene rings is 2. The molecule has 0 bridgehead atoms. The van der Waals surface area contributed by atoms with Gasteiger partial charge in [0.25, 0.3) is 0 Å². The van der Waals surface area contributed by atoms with Crippen molar-refractivity contribution in [3.63, 3.8) is 0 Å². The van der Waals surface area contributed by atoms with Crippen LogP contribution in [0, 0.1) is 0 Å². The second kappa shape index (κ2) is 11.6. The molecule has 0 saturated carbocycles. The second-order valence-corrected chi connectivity index (χ2v) is 8.16. The van der Waals surface area contributed by atoms with Gasteiger partial charge in [0.2, 0.25) is 5.91 Å². The van der Waals surface area contributed by atoms with Crippen molar-refractivity contribution in [1.82, 2.24) is 20.1 Å². The molecule has 0 unspecified atom stereocenters. The van der Waals surface area contributed by atoms with E-state index in [4.69, 9.17) is 4.74 Å². The lowest BCUT2D eigenvalue weighted by Crippen LogP contribution is -2.27. The Labute approximate surface area is 188 Å². The zero-order chi connectivity index (χ0) is 22.1. The number of hydrogen-bond acceptors (Lipinski definition) is 5. The normalized spacial score (nSPS) is 11.8. The van der Waals surface area contributed by atoms with Crippen LogP contribution in [0.15, 0.2) is 59.8 Å². The molecular weight excluding hydrogens is 408 g/mol. The number of nitrogens with zero attached hydrogens (tertiary/aromatic N) is 3. The highest BCUT2D eigenvalue weighted by molar-refractivity contribution is 7.99. The summed E-state index contributed by atoms with van der Waals surface area (Å²) in [6.45, 7) is 7.47. The molecule has 164 valence electrons. The number of nitrogens with one attached hydrogen (secondary N) is 1. The summed E-state index contributed by atoms with van der Waals surface area (Å²) in [6, 6.07) is 18.2. The van der Waals surface area contributed by atoms with E-state index in [0.29, 0.717) is 18.8 Å². The van der Waals surface area contributed by atoms with Gasteiger partial charge < -0.3 is 14.6 Å². The Balaban J connectivity index is 1.52. The second-order valence-electron chi connectivity index (χ2n) is 7.22. The van der Waals surface area contributed by atoms with Crippen LogP contribution in [0.2, 0.25) is 0 Å². The molecule has 6 nitrogen and oxygen atoms in total. The topological polar surface area (TPSA) is 69.0 Å². The van der Waals surface area contributed by atoms with Crippen molar-refractivity contribution in [2.75, 3.05) is 12.3 Å². The van der Waals surface area contributed by atoms with Crippen LogP contribution >= 0.6 is 11.8 Å². The van der Waals surface area contributed by atoms with Crippen LogP contribution in [0.4, 0.5) is 0 Å². The number of thioether (sulfide) groups is 1. The summed E-state index contributed by atoms with van der Waals surface area (Å²) < 4.78 is 8.07. The average Bonchev–Trinajstić information content (AvgIpc) is 3.22. The largest absolute Gasteiger partial charge is 0.483 e. The molecule has 7 heteroatoms. The molecule has 1 aromatic heterocycles. The fraction of sp³-hybridized carbons (Fsp3) is 0.375. The first kappa shape index (κ1) is 22.9. The van der Waals surface area contributed by atoms with E-state index >= 15 is 0 Å². The van der Waals surface area contributed by atoms with E-state index < -0.39 is 0 Å². The molecule has 3 aromatic rings. The molecule has 0 fully saturated rings. The summed E-state index contributed by atoms with van der Waals surface area (Å²) in [7, 11) is 0. The molecule has 0 radical (unpaired) electrons. The summed E-state index contributed by atoms with van der Waals surface area (Å²) in [5, 5.41) is 12.3. The summed E-state index contributed by atoms with van der Waals surface area (Å²) >= 11 is 1.40. The van der Waals surface area contributed by atoms with Gasteiger partial charge in [-0.1, -0.05) is 61.2 Å². The third kappa shape index (κ3) is 6.59. The van der Waals surface area contributed by atoms with Crippen LogP contribution in [0.5, 0.6) is 5.75 Å². The van der Waals surface area contributed by atoms with Gasteiger partial charge in [0.1, 0.15) is 5.75 Å². The number of aryl methyl sites for hydroxylation is 1. The highest BCUT2D eigenvalue weighted by Gasteiger charge is 2.19. The molecule has 0 aliphatic heterocycles. The predicted octanol–water partition coefficient (Wildman–Crippen LogP) is 4.45. The third-order valence-corrected chi connectivity index (χ3v) is 5.95. The molecule has 0 saturated heterocycles. The van der Waals surface area contributed by atoms with Crippen LogP contribution in [-0.2, 0) is 24.2 Å². The van der Waals surface area contributed by atoms with Crippen molar-refractivity contribution in [2.45, 2.75) is 51.4 Å². The minimum atomic E-state index is -0.242. The number of hydrogen-bond donors (Lipinski definition) is 1. The number of ether oxygens (including phenoxy) is 1. The van der Waals surface area contributed by atoms with E-state index in [2.05, 4.69) is 46.7 Å². The highest BCUT2D eigenvalue weighted by atomic mass is 32.2. The minimum Gasteiger partial charge on any atom is -0.483 e. The lowest BCUT2D eigenvalue weighted by molar-refractivity contribution is -0.118. The van der Waals surface area contributed by atoms with E-state index in [9.17, 15) is 4.79 Å². The fourth-order valence-electron chi connectivity index (χ4n) is 3.24. The van der Waals surface area contributed by atoms with E-state index in [-0.39, 0.29) is 12.0 Å². The average molecular weight is 439 g/mol. The van der Waals surface area contributed by atoms with E-state index in [1.165, 1.54) is 22.9 Å². The monoisotopic (exact) mass is 438 g/mol. The van der Waals surface area contributed by atoms with Gasteiger partial charge in [0, 0.05) is 13.1 Å². The van der Waals surface area contributed by atoms with Crippen molar-refractivity contribution in [2.24, 2.45) is 0 Å². The maximum atomic E-state index is 12.2. The van der Waals surface area contributed by atoms with Gasteiger partial charge in [0.15, 0.2) is 17.1 Å². The fourth-order valence-corrected chi connectivity index (χ4v) is 4.08. The van der Waals surface area contributed by atoms with Crippen molar-refractivity contribution in [3.05, 3.63) is 71.5 Å². The standard InChI is InChI=1S/C24H30N4O2S/c1-4-19-11-13-21(14-12-19)30-18(3)23-26-27-24(28(23)5-2)31-17-22(29)25-16-15-20-9-7-6-8-10-20/h6-14,18H,4-5,15-17H2,1-3H3,(H,25,29)/t18-/m0/s1. The van der Waals surface area contributed by atoms with Crippen LogP contribution in [-0.4, -0.2) is 33.0 Å². The molecule has 3 rings (SSSR count). The minimum absolute atomic E-state index is 0.00607. The Morgan fingerprint density at radius 3 is 2.48 bits per heavy atom. The molecule has 1 atom stereocenters. The molecule has 31 heavy (non-hydrogen) atoms. The Morgan fingerprint density at radius 1 is 1.06 bits per heavy atom. The van der Waals surface area contributed by atoms with E-state index in [1.807, 2.05) is 48.7 Å². The molecular formula is C24H30N4O2S. The Morgan fingerprint density at radius 2 is 1.81 bits per heavy atom. The summed E-state index contributed by atoms with van der Waals surface area (Å²) in [6.07, 6.45) is 1.58. The first-order chi connectivity index (χ1) is 15.1. The van der Waals surface area contributed by atoms with E-state index in [1.54, 1.807) is 0 Å². The van der Waals surface area contributed by atoms with Gasteiger partial charge >= 0.3 is 0 Å². The molecule has 1 heterocycles. The van der Waals surface area contributed by atoms with Crippen LogP contribution in [0.25, 0.3) is 0 Å². The quantitative estimate of drug-likeness (QED) is 0.448. The summed E-state index contributed by atoms with van der Waals surface area (Å²) in [5.41, 5.74) is 2.49. The van der Waals surface area contributed by atoms with Crippen LogP contribution < -0.4 is 10.1 Å². The van der Waals surface area contributed by atoms with Gasteiger partial charge in [-0.15, -0.1) is 10.2 Å². The smallest absolute Gasteiger partial charge is 0.230 e. The molecule has 2 aromatic carbocycles. The molecule has 0 aliphatic carbocycles. The lowest BCUT2D eigenvalue weighted by atomic mass is 10.1. The maximum absolute atomic E-state index is 12.2. The van der Waals surface area contributed by atoms with Crippen LogP contribution in [0.3, 0.4) is 0 Å². The molecule has 1 N–H and O–H groups in total. The van der Waals surface area contributed by atoms with Gasteiger partial charge in [-0.2, -0.15) is 0 Å². The Bertz CT molecular complexity index is 957. The highest BCUT2D eigenvalue weighted by Crippen LogP contribution is 2.25. The molecule has 1 amide bonds. The molecule has 0 spiro atoms. The van der Waals surface area contributed by atoms with E-state index in [0.717, 1.165) is 29.6 Å². The number of aromatic nitrogens is 3. The predicted molar refractivity (Wildman–Crippen MR) is 124 cm³/mol. The maximum Gasteiger partial charge on any atom is 0.230 e. The third-order valence-electron chi connectivity index (χ3n) is 4.98. The van der Waals surface area contributed by atoms with Crippen molar-refractivity contribution in [3.8, 4) is 5.75 Å². The number of carbonyl (C=O) groups excluding carboxylic acids is 1. The summed E-state index contributed by atoms with van der Waals surface area (Å²) in [4.78, 5) is 12.2. The van der Waals surface area contributed by atoms with Gasteiger partial charge in [0.05, 0.1) is 5.75 Å². The van der Waals surface area contributed by atoms with Gasteiger partial charge in [-0.25, -0.2) is 0 Å². The van der Waals surface area contributed by atoms with Crippen LogP contribution in [0.1, 0.15) is 43.8 Å². The number of carbonyl (C=O) groups is 1. The van der Waals surface area contributed by atoms with Crippen molar-refractivity contribution >= 4 is 17.7 Å². The first-order valence-electron chi connectivity index (χ1n) is 10.7. The zero-order valence-corrected chi connectivity index (χ0v) is 19.2. The SMILES string of the molecule is CCc1ccc(O[C@@H](C)c2nnc(SCC(=O)NCCc3ccccc3)n2CC)cc1. The Kier molecular flexibility index (Phi) is 8.53. The number of rotatable bonds is 11. The van der Waals surface area contributed by atoms with Crippen molar-refractivity contribution < 1.29 is 9.53 Å². The van der Waals surface area contributed by atoms with Gasteiger partial charge in [-0.05, 0) is 49.9 Å². The molecule has 0 aliphatic rings.